The fourth-order valence-corrected chi connectivity index (χ4v) is 3.13. The average molecular weight is 378 g/mol. The van der Waals surface area contributed by atoms with Gasteiger partial charge < -0.3 is 15.0 Å². The Morgan fingerprint density at radius 2 is 2.19 bits per heavy atom. The van der Waals surface area contributed by atoms with Crippen LogP contribution in [-0.2, 0) is 13.0 Å². The first-order valence-electron chi connectivity index (χ1n) is 8.64. The van der Waals surface area contributed by atoms with Gasteiger partial charge in [-0.25, -0.2) is 9.89 Å². The van der Waals surface area contributed by atoms with E-state index in [-0.39, 0.29) is 23.9 Å². The molecule has 9 heteroatoms. The number of carbonyl (C=O) groups excluding carboxylic acids is 1. The van der Waals surface area contributed by atoms with Crippen LogP contribution < -0.4 is 15.6 Å². The minimum atomic E-state index is -2.94. The molecule has 27 heavy (non-hydrogen) atoms. The lowest BCUT2D eigenvalue weighted by atomic mass is 10.0. The van der Waals surface area contributed by atoms with Crippen molar-refractivity contribution in [3.05, 3.63) is 57.5 Å². The SMILES string of the molecule is CCC(NC(=O)N1CCc2n[nH]c(=O)cc2C1)c1ccccc1OC(F)F. The van der Waals surface area contributed by atoms with Crippen LogP contribution in [-0.4, -0.2) is 34.3 Å². The molecule has 2 heterocycles. The third kappa shape index (κ3) is 4.42. The standard InChI is InChI=1S/C18H20F2N4O3/c1-2-13(12-5-3-4-6-15(12)27-17(19)20)21-18(26)24-8-7-14-11(10-24)9-16(25)23-22-14/h3-6,9,13,17H,2,7-8,10H2,1H3,(H,21,26)(H,23,25). The molecule has 1 aromatic carbocycles. The predicted molar refractivity (Wildman–Crippen MR) is 93.6 cm³/mol. The molecule has 0 radical (unpaired) electrons. The van der Waals surface area contributed by atoms with Crippen molar-refractivity contribution < 1.29 is 18.3 Å². The Morgan fingerprint density at radius 1 is 1.41 bits per heavy atom. The van der Waals surface area contributed by atoms with Gasteiger partial charge in [0.2, 0.25) is 0 Å². The van der Waals surface area contributed by atoms with Crippen LogP contribution in [0.1, 0.15) is 36.2 Å². The number of fused-ring (bicyclic) bond motifs is 1. The van der Waals surface area contributed by atoms with E-state index in [9.17, 15) is 18.4 Å². The zero-order valence-corrected chi connectivity index (χ0v) is 14.7. The molecule has 7 nitrogen and oxygen atoms in total. The Labute approximate surface area is 154 Å². The number of alkyl halides is 2. The molecule has 0 fully saturated rings. The van der Waals surface area contributed by atoms with E-state index in [1.807, 2.05) is 6.92 Å². The number of ether oxygens (including phenoxy) is 1. The van der Waals surface area contributed by atoms with Crippen LogP contribution in [0.15, 0.2) is 35.1 Å². The van der Waals surface area contributed by atoms with E-state index in [1.54, 1.807) is 23.1 Å². The van der Waals surface area contributed by atoms with Crippen LogP contribution in [0.5, 0.6) is 5.75 Å². The van der Waals surface area contributed by atoms with E-state index in [0.717, 1.165) is 5.69 Å². The molecule has 1 aliphatic rings. The molecule has 2 N–H and O–H groups in total. The normalized spacial score (nSPS) is 14.6. The Bertz CT molecular complexity index is 872. The third-order valence-electron chi connectivity index (χ3n) is 4.46. The summed E-state index contributed by atoms with van der Waals surface area (Å²) >= 11 is 0. The molecule has 2 aromatic rings. The monoisotopic (exact) mass is 378 g/mol. The van der Waals surface area contributed by atoms with Crippen molar-refractivity contribution in [1.82, 2.24) is 20.4 Å². The number of urea groups is 1. The van der Waals surface area contributed by atoms with Crippen LogP contribution in [0.25, 0.3) is 0 Å². The Morgan fingerprint density at radius 3 is 2.93 bits per heavy atom. The number of halogens is 2. The number of rotatable bonds is 5. The summed E-state index contributed by atoms with van der Waals surface area (Å²) in [6.45, 7) is -0.379. The predicted octanol–water partition coefficient (Wildman–Crippen LogP) is 2.59. The first-order valence-corrected chi connectivity index (χ1v) is 8.64. The van der Waals surface area contributed by atoms with E-state index in [4.69, 9.17) is 0 Å². The number of aromatic amines is 1. The van der Waals surface area contributed by atoms with Crippen molar-refractivity contribution in [2.45, 2.75) is 39.0 Å². The Balaban J connectivity index is 1.74. The first-order chi connectivity index (χ1) is 13.0. The van der Waals surface area contributed by atoms with Gasteiger partial charge in [0, 0.05) is 36.7 Å². The summed E-state index contributed by atoms with van der Waals surface area (Å²) in [5.41, 5.74) is 1.64. The second-order valence-corrected chi connectivity index (χ2v) is 6.20. The Kier molecular flexibility index (Phi) is 5.68. The molecule has 1 unspecified atom stereocenters. The van der Waals surface area contributed by atoms with Gasteiger partial charge in [0.1, 0.15) is 5.75 Å². The van der Waals surface area contributed by atoms with Gasteiger partial charge in [-0.05, 0) is 12.5 Å². The number of nitrogens with zero attached hydrogens (tertiary/aromatic N) is 2. The van der Waals surface area contributed by atoms with E-state index in [0.29, 0.717) is 30.5 Å². The summed E-state index contributed by atoms with van der Waals surface area (Å²) in [5, 5.41) is 9.25. The highest BCUT2D eigenvalue weighted by molar-refractivity contribution is 5.75. The molecule has 3 rings (SSSR count). The molecule has 0 bridgehead atoms. The summed E-state index contributed by atoms with van der Waals surface area (Å²) < 4.78 is 29.9. The zero-order chi connectivity index (χ0) is 19.4. The van der Waals surface area contributed by atoms with Crippen molar-refractivity contribution in [3.63, 3.8) is 0 Å². The third-order valence-corrected chi connectivity index (χ3v) is 4.46. The van der Waals surface area contributed by atoms with E-state index in [1.165, 1.54) is 12.1 Å². The maximum absolute atomic E-state index is 12.7. The highest BCUT2D eigenvalue weighted by Crippen LogP contribution is 2.29. The molecule has 1 aromatic heterocycles. The average Bonchev–Trinajstić information content (AvgIpc) is 2.65. The molecular weight excluding hydrogens is 358 g/mol. The van der Waals surface area contributed by atoms with Crippen LogP contribution >= 0.6 is 0 Å². The number of aromatic nitrogens is 2. The fourth-order valence-electron chi connectivity index (χ4n) is 3.13. The van der Waals surface area contributed by atoms with Crippen LogP contribution in [0.3, 0.4) is 0 Å². The maximum Gasteiger partial charge on any atom is 0.387 e. The number of carbonyl (C=O) groups is 1. The molecule has 0 saturated carbocycles. The number of H-pyrrole nitrogens is 1. The van der Waals surface area contributed by atoms with Crippen molar-refractivity contribution in [2.75, 3.05) is 6.54 Å². The lowest BCUT2D eigenvalue weighted by Crippen LogP contribution is -2.44. The van der Waals surface area contributed by atoms with Crippen LogP contribution in [0.2, 0.25) is 0 Å². The molecule has 0 aliphatic carbocycles. The summed E-state index contributed by atoms with van der Waals surface area (Å²) in [4.78, 5) is 25.7. The highest BCUT2D eigenvalue weighted by atomic mass is 19.3. The van der Waals surface area contributed by atoms with E-state index in [2.05, 4.69) is 20.3 Å². The van der Waals surface area contributed by atoms with Crippen molar-refractivity contribution in [2.24, 2.45) is 0 Å². The number of nitrogens with one attached hydrogen (secondary N) is 2. The summed E-state index contributed by atoms with van der Waals surface area (Å²) in [6, 6.07) is 7.03. The van der Waals surface area contributed by atoms with Crippen molar-refractivity contribution in [1.29, 1.82) is 0 Å². The van der Waals surface area contributed by atoms with Gasteiger partial charge in [-0.15, -0.1) is 0 Å². The van der Waals surface area contributed by atoms with Gasteiger partial charge in [-0.3, -0.25) is 4.79 Å². The van der Waals surface area contributed by atoms with Gasteiger partial charge in [0.15, 0.2) is 0 Å². The molecular formula is C18H20F2N4O3. The summed E-state index contributed by atoms with van der Waals surface area (Å²) in [5.74, 6) is 0.0411. The van der Waals surface area contributed by atoms with Gasteiger partial charge >= 0.3 is 12.6 Å². The number of para-hydroxylation sites is 1. The largest absolute Gasteiger partial charge is 0.434 e. The van der Waals surface area contributed by atoms with E-state index < -0.39 is 12.7 Å². The topological polar surface area (TPSA) is 87.3 Å². The molecule has 0 spiro atoms. The first kappa shape index (κ1) is 18.8. The number of amides is 2. The number of hydrogen-bond acceptors (Lipinski definition) is 4. The van der Waals surface area contributed by atoms with Crippen LogP contribution in [0, 0.1) is 0 Å². The highest BCUT2D eigenvalue weighted by Gasteiger charge is 2.25. The molecule has 2 amide bonds. The van der Waals surface area contributed by atoms with Gasteiger partial charge in [-0.2, -0.15) is 13.9 Å². The quantitative estimate of drug-likeness (QED) is 0.837. The summed E-state index contributed by atoms with van der Waals surface area (Å²) in [6.07, 6.45) is 1.03. The maximum atomic E-state index is 12.7. The van der Waals surface area contributed by atoms with Gasteiger partial charge in [0.05, 0.1) is 11.7 Å². The van der Waals surface area contributed by atoms with Gasteiger partial charge in [0.25, 0.3) is 5.56 Å². The van der Waals surface area contributed by atoms with Gasteiger partial charge in [-0.1, -0.05) is 25.1 Å². The van der Waals surface area contributed by atoms with Crippen LogP contribution in [0.4, 0.5) is 13.6 Å². The smallest absolute Gasteiger partial charge is 0.387 e. The molecule has 1 atom stereocenters. The molecule has 0 saturated heterocycles. The number of hydrogen-bond donors (Lipinski definition) is 2. The molecule has 1 aliphatic heterocycles. The zero-order valence-electron chi connectivity index (χ0n) is 14.7. The second-order valence-electron chi connectivity index (χ2n) is 6.20. The molecule has 144 valence electrons. The number of benzene rings is 1. The minimum absolute atomic E-state index is 0.0411. The Hall–Kier alpha value is -2.97. The van der Waals surface area contributed by atoms with E-state index >= 15 is 0 Å². The minimum Gasteiger partial charge on any atom is -0.434 e. The van der Waals surface area contributed by atoms with Crippen molar-refractivity contribution >= 4 is 6.03 Å². The lowest BCUT2D eigenvalue weighted by molar-refractivity contribution is -0.0507. The second kappa shape index (κ2) is 8.15. The van der Waals surface area contributed by atoms with Crippen molar-refractivity contribution in [3.8, 4) is 5.75 Å². The fraction of sp³-hybridized carbons (Fsp3) is 0.389. The summed E-state index contributed by atoms with van der Waals surface area (Å²) in [7, 11) is 0. The lowest BCUT2D eigenvalue weighted by Gasteiger charge is -2.30.